The van der Waals surface area contributed by atoms with Crippen LogP contribution in [0.4, 0.5) is 0 Å². The lowest BCUT2D eigenvalue weighted by molar-refractivity contribution is -0.126. The van der Waals surface area contributed by atoms with E-state index in [2.05, 4.69) is 22.3 Å². The third-order valence-corrected chi connectivity index (χ3v) is 5.51. The van der Waals surface area contributed by atoms with Crippen molar-refractivity contribution in [3.05, 3.63) is 28.8 Å². The Morgan fingerprint density at radius 3 is 2.83 bits per heavy atom. The van der Waals surface area contributed by atoms with Crippen molar-refractivity contribution >= 4 is 5.91 Å². The summed E-state index contributed by atoms with van der Waals surface area (Å²) in [7, 11) is 0. The number of aryl methyl sites for hydroxylation is 2. The molecular formula is C19H26N2O2. The van der Waals surface area contributed by atoms with Gasteiger partial charge in [0.15, 0.2) is 0 Å². The Balaban J connectivity index is 1.57. The normalized spacial score (nSPS) is 26.7. The number of hydrogen-bond donors (Lipinski definition) is 1. The Bertz CT molecular complexity index is 614. The van der Waals surface area contributed by atoms with Gasteiger partial charge in [0, 0.05) is 31.2 Å². The lowest BCUT2D eigenvalue weighted by Gasteiger charge is -2.24. The smallest absolute Gasteiger partial charge is 0.224 e. The average Bonchev–Trinajstić information content (AvgIpc) is 2.81. The highest BCUT2D eigenvalue weighted by atomic mass is 16.5. The molecule has 3 fully saturated rings. The Morgan fingerprint density at radius 1 is 1.22 bits per heavy atom. The first kappa shape index (κ1) is 15.0. The number of fused-ring (bicyclic) bond motifs is 5. The number of nitrogens with one attached hydrogen (secondary N) is 1. The number of piperidine rings is 1. The standard InChI is InChI=1S/C19H26N2O2/c1-2-23-18-9-14-5-3-4-13(14)8-16(18)11-21-10-15-6-7-17(12-21)20-19(15)22/h8-9,15,17H,2-7,10-12H2,1H3,(H,20,22)/t15-,17+/m0/s1. The summed E-state index contributed by atoms with van der Waals surface area (Å²) >= 11 is 0. The number of hydrogen-bond acceptors (Lipinski definition) is 3. The molecular weight excluding hydrogens is 288 g/mol. The number of ether oxygens (including phenoxy) is 1. The summed E-state index contributed by atoms with van der Waals surface area (Å²) in [6.07, 6.45) is 5.80. The Morgan fingerprint density at radius 2 is 2.04 bits per heavy atom. The van der Waals surface area contributed by atoms with Crippen LogP contribution in [0.3, 0.4) is 0 Å². The molecule has 3 saturated heterocycles. The van der Waals surface area contributed by atoms with E-state index in [1.165, 1.54) is 36.0 Å². The van der Waals surface area contributed by atoms with Crippen molar-refractivity contribution in [2.75, 3.05) is 19.7 Å². The molecule has 0 radical (unpaired) electrons. The highest BCUT2D eigenvalue weighted by Crippen LogP contribution is 2.32. The third kappa shape index (κ3) is 2.97. The Kier molecular flexibility index (Phi) is 4.02. The maximum Gasteiger partial charge on any atom is 0.224 e. The van der Waals surface area contributed by atoms with Gasteiger partial charge in [-0.1, -0.05) is 6.07 Å². The molecule has 124 valence electrons. The van der Waals surface area contributed by atoms with Crippen molar-refractivity contribution < 1.29 is 9.53 Å². The average molecular weight is 314 g/mol. The molecule has 1 N–H and O–H groups in total. The molecule has 1 aromatic carbocycles. The summed E-state index contributed by atoms with van der Waals surface area (Å²) in [6.45, 7) is 5.49. The minimum Gasteiger partial charge on any atom is -0.494 e. The summed E-state index contributed by atoms with van der Waals surface area (Å²) in [4.78, 5) is 14.5. The quantitative estimate of drug-likeness (QED) is 0.927. The zero-order valence-electron chi connectivity index (χ0n) is 13.9. The molecule has 4 aliphatic rings. The molecule has 2 bridgehead atoms. The van der Waals surface area contributed by atoms with Crippen molar-refractivity contribution in [2.24, 2.45) is 5.92 Å². The van der Waals surface area contributed by atoms with E-state index in [9.17, 15) is 4.79 Å². The van der Waals surface area contributed by atoms with Gasteiger partial charge in [0.25, 0.3) is 0 Å². The number of benzene rings is 1. The van der Waals surface area contributed by atoms with Gasteiger partial charge in [-0.25, -0.2) is 0 Å². The van der Waals surface area contributed by atoms with E-state index in [4.69, 9.17) is 4.74 Å². The van der Waals surface area contributed by atoms with Crippen molar-refractivity contribution in [1.29, 1.82) is 0 Å². The molecule has 0 saturated carbocycles. The molecule has 3 heterocycles. The number of nitrogens with zero attached hydrogens (tertiary/aromatic N) is 1. The SMILES string of the molecule is CCOc1cc2c(cc1CN1C[C@H]3CC[C@@H](C1)C(=O)N3)CCC2. The van der Waals surface area contributed by atoms with Crippen LogP contribution in [-0.4, -0.2) is 36.5 Å². The fourth-order valence-corrected chi connectivity index (χ4v) is 4.37. The summed E-state index contributed by atoms with van der Waals surface area (Å²) in [6, 6.07) is 4.94. The lowest BCUT2D eigenvalue weighted by atomic mass is 9.96. The van der Waals surface area contributed by atoms with Crippen LogP contribution in [0, 0.1) is 5.92 Å². The van der Waals surface area contributed by atoms with Gasteiger partial charge in [-0.2, -0.15) is 0 Å². The van der Waals surface area contributed by atoms with Crippen LogP contribution in [0.1, 0.15) is 42.9 Å². The summed E-state index contributed by atoms with van der Waals surface area (Å²) in [5.41, 5.74) is 4.25. The number of carbonyl (C=O) groups is 1. The molecule has 2 atom stereocenters. The highest BCUT2D eigenvalue weighted by Gasteiger charge is 2.34. The van der Waals surface area contributed by atoms with Gasteiger partial charge in [-0.15, -0.1) is 0 Å². The fraction of sp³-hybridized carbons (Fsp3) is 0.632. The number of amides is 1. The van der Waals surface area contributed by atoms with Gasteiger partial charge in [-0.3, -0.25) is 9.69 Å². The van der Waals surface area contributed by atoms with Crippen LogP contribution in [0.5, 0.6) is 5.75 Å². The summed E-state index contributed by atoms with van der Waals surface area (Å²) in [5, 5.41) is 3.16. The maximum absolute atomic E-state index is 12.0. The molecule has 1 amide bonds. The second-order valence-electron chi connectivity index (χ2n) is 7.19. The largest absolute Gasteiger partial charge is 0.494 e. The van der Waals surface area contributed by atoms with Crippen LogP contribution < -0.4 is 10.1 Å². The van der Waals surface area contributed by atoms with E-state index < -0.39 is 0 Å². The Hall–Kier alpha value is -1.55. The fourth-order valence-electron chi connectivity index (χ4n) is 4.37. The molecule has 5 rings (SSSR count). The third-order valence-electron chi connectivity index (χ3n) is 5.51. The molecule has 0 aromatic heterocycles. The predicted octanol–water partition coefficient (Wildman–Crippen LogP) is 2.28. The molecule has 0 unspecified atom stereocenters. The molecule has 0 spiro atoms. The topological polar surface area (TPSA) is 41.6 Å². The van der Waals surface area contributed by atoms with E-state index in [0.717, 1.165) is 38.2 Å². The van der Waals surface area contributed by atoms with Crippen LogP contribution in [-0.2, 0) is 24.2 Å². The van der Waals surface area contributed by atoms with Crippen molar-refractivity contribution in [1.82, 2.24) is 10.2 Å². The van der Waals surface area contributed by atoms with Crippen LogP contribution in [0.15, 0.2) is 12.1 Å². The van der Waals surface area contributed by atoms with Crippen molar-refractivity contribution in [2.45, 2.75) is 51.6 Å². The van der Waals surface area contributed by atoms with Gasteiger partial charge in [-0.05, 0) is 56.2 Å². The Labute approximate surface area is 138 Å². The van der Waals surface area contributed by atoms with Gasteiger partial charge in [0.1, 0.15) is 5.75 Å². The first-order chi connectivity index (χ1) is 11.2. The number of carbonyl (C=O) groups excluding carboxylic acids is 1. The second-order valence-corrected chi connectivity index (χ2v) is 7.19. The van der Waals surface area contributed by atoms with Crippen molar-refractivity contribution in [3.63, 3.8) is 0 Å². The molecule has 23 heavy (non-hydrogen) atoms. The predicted molar refractivity (Wildman–Crippen MR) is 89.6 cm³/mol. The van der Waals surface area contributed by atoms with E-state index in [-0.39, 0.29) is 11.8 Å². The minimum atomic E-state index is 0.165. The zero-order chi connectivity index (χ0) is 15.8. The van der Waals surface area contributed by atoms with Gasteiger partial charge in [0.2, 0.25) is 5.91 Å². The van der Waals surface area contributed by atoms with E-state index in [0.29, 0.717) is 12.6 Å². The lowest BCUT2D eigenvalue weighted by Crippen LogP contribution is -2.43. The van der Waals surface area contributed by atoms with Crippen LogP contribution in [0.25, 0.3) is 0 Å². The summed E-state index contributed by atoms with van der Waals surface area (Å²) in [5.74, 6) is 1.46. The van der Waals surface area contributed by atoms with E-state index >= 15 is 0 Å². The monoisotopic (exact) mass is 314 g/mol. The highest BCUT2D eigenvalue weighted by molar-refractivity contribution is 5.80. The molecule has 4 nitrogen and oxygen atoms in total. The van der Waals surface area contributed by atoms with Gasteiger partial charge in [0.05, 0.1) is 12.5 Å². The molecule has 4 heteroatoms. The minimum absolute atomic E-state index is 0.165. The van der Waals surface area contributed by atoms with Gasteiger partial charge < -0.3 is 10.1 Å². The van der Waals surface area contributed by atoms with E-state index in [1.54, 1.807) is 0 Å². The first-order valence-corrected chi connectivity index (χ1v) is 9.03. The summed E-state index contributed by atoms with van der Waals surface area (Å²) < 4.78 is 5.92. The first-order valence-electron chi connectivity index (χ1n) is 9.03. The van der Waals surface area contributed by atoms with Gasteiger partial charge >= 0.3 is 0 Å². The van der Waals surface area contributed by atoms with Crippen LogP contribution in [0.2, 0.25) is 0 Å². The number of rotatable bonds is 4. The molecule has 3 aliphatic heterocycles. The second kappa shape index (κ2) is 6.16. The van der Waals surface area contributed by atoms with E-state index in [1.807, 2.05) is 6.92 Å². The zero-order valence-corrected chi connectivity index (χ0v) is 13.9. The maximum atomic E-state index is 12.0. The van der Waals surface area contributed by atoms with Crippen molar-refractivity contribution in [3.8, 4) is 5.75 Å². The molecule has 1 aromatic rings. The van der Waals surface area contributed by atoms with Crippen LogP contribution >= 0.6 is 0 Å². The molecule has 1 aliphatic carbocycles.